The molecule has 0 aliphatic heterocycles. The molecule has 0 radical (unpaired) electrons. The molecule has 222 valence electrons. The van der Waals surface area contributed by atoms with Gasteiger partial charge in [0.15, 0.2) is 0 Å². The monoisotopic (exact) mass is 592 g/mol. The lowest BCUT2D eigenvalue weighted by atomic mass is 9.95. The second-order valence-electron chi connectivity index (χ2n) is 13.0. The Morgan fingerprint density at radius 2 is 0.978 bits per heavy atom. The molecule has 8 aromatic rings. The van der Waals surface area contributed by atoms with Crippen LogP contribution in [0.5, 0.6) is 0 Å². The fourth-order valence-corrected chi connectivity index (χ4v) is 7.04. The first-order valence-electron chi connectivity index (χ1n) is 16.0. The van der Waals surface area contributed by atoms with Crippen molar-refractivity contribution >= 4 is 49.6 Å². The molecule has 0 bridgehead atoms. The quantitative estimate of drug-likeness (QED) is 0.193. The van der Waals surface area contributed by atoms with E-state index < -0.39 is 0 Å². The second kappa shape index (κ2) is 11.1. The zero-order valence-electron chi connectivity index (χ0n) is 26.5. The predicted octanol–water partition coefficient (Wildman–Crippen LogP) is 12.5. The fourth-order valence-electron chi connectivity index (χ4n) is 7.04. The number of para-hydroxylation sites is 2. The number of anilines is 3. The lowest BCUT2D eigenvalue weighted by Gasteiger charge is -2.27. The van der Waals surface area contributed by atoms with Crippen LogP contribution in [0.2, 0.25) is 0 Å². The average molecular weight is 593 g/mol. The van der Waals surface area contributed by atoms with Gasteiger partial charge in [-0.3, -0.25) is 0 Å². The van der Waals surface area contributed by atoms with Gasteiger partial charge in [-0.05, 0) is 96.9 Å². The summed E-state index contributed by atoms with van der Waals surface area (Å²) in [6, 6.07) is 59.3. The van der Waals surface area contributed by atoms with Gasteiger partial charge in [0.25, 0.3) is 0 Å². The molecule has 0 fully saturated rings. The number of aromatic nitrogens is 1. The van der Waals surface area contributed by atoms with Crippen molar-refractivity contribution in [3.05, 3.63) is 164 Å². The van der Waals surface area contributed by atoms with Crippen LogP contribution in [0.15, 0.2) is 164 Å². The van der Waals surface area contributed by atoms with Crippen molar-refractivity contribution < 1.29 is 0 Å². The van der Waals surface area contributed by atoms with Crippen LogP contribution in [0.25, 0.3) is 54.8 Å². The van der Waals surface area contributed by atoms with Crippen LogP contribution in [-0.2, 0) is 5.54 Å². The van der Waals surface area contributed by atoms with Crippen LogP contribution < -0.4 is 4.90 Å². The van der Waals surface area contributed by atoms with E-state index in [1.165, 1.54) is 54.8 Å². The maximum absolute atomic E-state index is 2.48. The van der Waals surface area contributed by atoms with Crippen LogP contribution in [0.3, 0.4) is 0 Å². The van der Waals surface area contributed by atoms with Gasteiger partial charge in [-0.2, -0.15) is 0 Å². The molecule has 0 aliphatic rings. The number of fused-ring (bicyclic) bond motifs is 4. The third-order valence-electron chi connectivity index (χ3n) is 9.04. The lowest BCUT2D eigenvalue weighted by molar-refractivity contribution is 0.423. The van der Waals surface area contributed by atoms with Crippen molar-refractivity contribution in [1.29, 1.82) is 0 Å². The maximum atomic E-state index is 2.48. The van der Waals surface area contributed by atoms with E-state index >= 15 is 0 Å². The van der Waals surface area contributed by atoms with Gasteiger partial charge in [-0.25, -0.2) is 0 Å². The van der Waals surface area contributed by atoms with Crippen molar-refractivity contribution in [3.8, 4) is 22.3 Å². The van der Waals surface area contributed by atoms with Crippen LogP contribution in [0, 0.1) is 0 Å². The Labute approximate surface area is 270 Å². The molecule has 0 unspecified atom stereocenters. The Morgan fingerprint density at radius 3 is 1.74 bits per heavy atom. The van der Waals surface area contributed by atoms with Gasteiger partial charge in [-0.15, -0.1) is 0 Å². The highest BCUT2D eigenvalue weighted by atomic mass is 15.1. The van der Waals surface area contributed by atoms with E-state index in [2.05, 4.69) is 194 Å². The molecule has 2 heteroatoms. The molecule has 1 aromatic heterocycles. The number of rotatable bonds is 5. The molecule has 0 N–H and O–H groups in total. The van der Waals surface area contributed by atoms with Crippen LogP contribution in [0.1, 0.15) is 20.8 Å². The Kier molecular flexibility index (Phi) is 6.73. The molecule has 0 spiro atoms. The molecule has 1 heterocycles. The number of nitrogens with zero attached hydrogens (tertiary/aromatic N) is 2. The summed E-state index contributed by atoms with van der Waals surface area (Å²) in [7, 11) is 0. The summed E-state index contributed by atoms with van der Waals surface area (Å²) in [5.41, 5.74) is 10.8. The van der Waals surface area contributed by atoms with E-state index in [4.69, 9.17) is 0 Å². The summed E-state index contributed by atoms with van der Waals surface area (Å²) >= 11 is 0. The van der Waals surface area contributed by atoms with Crippen LogP contribution in [0.4, 0.5) is 17.1 Å². The van der Waals surface area contributed by atoms with Crippen molar-refractivity contribution in [2.24, 2.45) is 0 Å². The third kappa shape index (κ3) is 4.74. The smallest absolute Gasteiger partial charge is 0.0540 e. The summed E-state index contributed by atoms with van der Waals surface area (Å²) < 4.78 is 2.48. The van der Waals surface area contributed by atoms with Gasteiger partial charge >= 0.3 is 0 Å². The summed E-state index contributed by atoms with van der Waals surface area (Å²) in [4.78, 5) is 2.38. The van der Waals surface area contributed by atoms with Crippen molar-refractivity contribution in [3.63, 3.8) is 0 Å². The Bertz CT molecular complexity index is 2320. The molecule has 7 aromatic carbocycles. The highest BCUT2D eigenvalue weighted by molar-refractivity contribution is 6.11. The number of benzene rings is 7. The zero-order valence-corrected chi connectivity index (χ0v) is 26.5. The van der Waals surface area contributed by atoms with E-state index in [0.717, 1.165) is 17.1 Å². The zero-order chi connectivity index (χ0) is 31.3. The number of hydrogen-bond acceptors (Lipinski definition) is 1. The minimum atomic E-state index is -0.0303. The maximum Gasteiger partial charge on any atom is 0.0540 e. The van der Waals surface area contributed by atoms with E-state index in [-0.39, 0.29) is 5.54 Å². The van der Waals surface area contributed by atoms with Crippen molar-refractivity contribution in [2.45, 2.75) is 26.3 Å². The largest absolute Gasteiger partial charge is 0.335 e. The first-order valence-corrected chi connectivity index (χ1v) is 16.0. The van der Waals surface area contributed by atoms with Gasteiger partial charge in [-0.1, -0.05) is 115 Å². The van der Waals surface area contributed by atoms with Gasteiger partial charge in [0, 0.05) is 44.1 Å². The second-order valence-corrected chi connectivity index (χ2v) is 13.0. The SMILES string of the molecule is CC(C)(C)n1c2ccccc2c2cc(-c3cccc4c(N(c5ccccc5)c5ccc(-c6ccccc6)cc5)cccc34)ccc21. The minimum absolute atomic E-state index is 0.0303. The summed E-state index contributed by atoms with van der Waals surface area (Å²) in [6.07, 6.45) is 0. The lowest BCUT2D eigenvalue weighted by Crippen LogP contribution is -2.21. The molecule has 8 rings (SSSR count). The van der Waals surface area contributed by atoms with Crippen LogP contribution >= 0.6 is 0 Å². The van der Waals surface area contributed by atoms with Gasteiger partial charge in [0.2, 0.25) is 0 Å². The molecular weight excluding hydrogens is 556 g/mol. The molecule has 2 nitrogen and oxygen atoms in total. The Morgan fingerprint density at radius 1 is 0.413 bits per heavy atom. The Hall–Kier alpha value is -5.60. The Balaban J connectivity index is 1.29. The first kappa shape index (κ1) is 27.9. The standard InChI is InChI=1S/C44H36N2/c1-44(2,3)46-42-22-11-10-18-39(42)40-30-33(26-29-43(40)46)36-19-12-21-38-37(36)20-13-23-41(38)45(34-16-8-5-9-17-34)35-27-24-32(25-28-35)31-14-6-4-7-15-31/h4-30H,1-3H3. The van der Waals surface area contributed by atoms with E-state index in [1.807, 2.05) is 0 Å². The van der Waals surface area contributed by atoms with Crippen LogP contribution in [-0.4, -0.2) is 4.57 Å². The molecule has 0 aliphatic carbocycles. The van der Waals surface area contributed by atoms with Crippen molar-refractivity contribution in [1.82, 2.24) is 4.57 Å². The summed E-state index contributed by atoms with van der Waals surface area (Å²) in [6.45, 7) is 6.85. The summed E-state index contributed by atoms with van der Waals surface area (Å²) in [5.74, 6) is 0. The van der Waals surface area contributed by atoms with Gasteiger partial charge < -0.3 is 9.47 Å². The van der Waals surface area contributed by atoms with E-state index in [0.29, 0.717) is 0 Å². The minimum Gasteiger partial charge on any atom is -0.335 e. The highest BCUT2D eigenvalue weighted by Gasteiger charge is 2.21. The fraction of sp³-hybridized carbons (Fsp3) is 0.0909. The van der Waals surface area contributed by atoms with Gasteiger partial charge in [0.1, 0.15) is 0 Å². The first-order chi connectivity index (χ1) is 22.5. The molecule has 0 saturated carbocycles. The van der Waals surface area contributed by atoms with E-state index in [9.17, 15) is 0 Å². The van der Waals surface area contributed by atoms with Gasteiger partial charge in [0.05, 0.1) is 5.69 Å². The number of hydrogen-bond donors (Lipinski definition) is 0. The van der Waals surface area contributed by atoms with E-state index in [1.54, 1.807) is 0 Å². The van der Waals surface area contributed by atoms with Crippen molar-refractivity contribution in [2.75, 3.05) is 4.90 Å². The molecule has 46 heavy (non-hydrogen) atoms. The topological polar surface area (TPSA) is 8.17 Å². The molecule has 0 saturated heterocycles. The molecule has 0 amide bonds. The predicted molar refractivity (Wildman–Crippen MR) is 198 cm³/mol. The normalized spacial score (nSPS) is 11.8. The molecular formula is C44H36N2. The average Bonchev–Trinajstić information content (AvgIpc) is 3.44. The third-order valence-corrected chi connectivity index (χ3v) is 9.04. The summed E-state index contributed by atoms with van der Waals surface area (Å²) in [5, 5.41) is 5.04. The molecule has 0 atom stereocenters. The highest BCUT2D eigenvalue weighted by Crippen LogP contribution is 2.43.